The van der Waals surface area contributed by atoms with Crippen LogP contribution in [0.15, 0.2) is 12.5 Å². The number of imidazole rings is 1. The standard InChI is InChI=1S/C10H17N3/c1-9-3-2-4-13(6-9)7-10-5-11-8-12-10/h5,8-9H,2-4,6-7H2,1H3,(H,11,12)/t9-/m1/s1. The Morgan fingerprint density at radius 3 is 3.31 bits per heavy atom. The van der Waals surface area contributed by atoms with Crippen LogP contribution in [0, 0.1) is 5.92 Å². The van der Waals surface area contributed by atoms with Crippen LogP contribution >= 0.6 is 0 Å². The quantitative estimate of drug-likeness (QED) is 0.748. The summed E-state index contributed by atoms with van der Waals surface area (Å²) in [6, 6.07) is 0. The van der Waals surface area contributed by atoms with E-state index in [1.54, 1.807) is 6.33 Å². The predicted molar refractivity (Wildman–Crippen MR) is 52.3 cm³/mol. The van der Waals surface area contributed by atoms with E-state index in [1.165, 1.54) is 31.6 Å². The number of aromatic amines is 1. The molecule has 1 aliphatic heterocycles. The lowest BCUT2D eigenvalue weighted by Crippen LogP contribution is -2.33. The highest BCUT2D eigenvalue weighted by molar-refractivity contribution is 4.94. The maximum Gasteiger partial charge on any atom is 0.0922 e. The molecule has 1 saturated heterocycles. The molecule has 1 aromatic heterocycles. The molecule has 0 aromatic carbocycles. The minimum Gasteiger partial charge on any atom is -0.347 e. The van der Waals surface area contributed by atoms with Crippen LogP contribution in [0.3, 0.4) is 0 Å². The molecule has 72 valence electrons. The van der Waals surface area contributed by atoms with Crippen molar-refractivity contribution in [3.8, 4) is 0 Å². The van der Waals surface area contributed by atoms with E-state index in [4.69, 9.17) is 0 Å². The maximum atomic E-state index is 4.02. The van der Waals surface area contributed by atoms with Gasteiger partial charge in [0.25, 0.3) is 0 Å². The highest BCUT2D eigenvalue weighted by Crippen LogP contribution is 2.16. The zero-order valence-corrected chi connectivity index (χ0v) is 8.16. The fraction of sp³-hybridized carbons (Fsp3) is 0.700. The number of piperidine rings is 1. The van der Waals surface area contributed by atoms with E-state index in [9.17, 15) is 0 Å². The van der Waals surface area contributed by atoms with Gasteiger partial charge in [-0.3, -0.25) is 4.90 Å². The van der Waals surface area contributed by atoms with E-state index in [-0.39, 0.29) is 0 Å². The summed E-state index contributed by atoms with van der Waals surface area (Å²) in [5, 5.41) is 0. The van der Waals surface area contributed by atoms with Gasteiger partial charge in [-0.15, -0.1) is 0 Å². The molecule has 3 nitrogen and oxygen atoms in total. The lowest BCUT2D eigenvalue weighted by atomic mass is 10.0. The number of H-pyrrole nitrogens is 1. The SMILES string of the molecule is C[C@@H]1CCCN(Cc2cnc[nH]2)C1. The third kappa shape index (κ3) is 2.31. The van der Waals surface area contributed by atoms with Gasteiger partial charge < -0.3 is 4.98 Å². The highest BCUT2D eigenvalue weighted by Gasteiger charge is 2.16. The molecule has 0 bridgehead atoms. The van der Waals surface area contributed by atoms with E-state index in [2.05, 4.69) is 21.8 Å². The van der Waals surface area contributed by atoms with E-state index in [0.717, 1.165) is 12.5 Å². The van der Waals surface area contributed by atoms with Gasteiger partial charge in [0, 0.05) is 25.0 Å². The second kappa shape index (κ2) is 3.92. The predicted octanol–water partition coefficient (Wildman–Crippen LogP) is 1.64. The number of likely N-dealkylation sites (tertiary alicyclic amines) is 1. The van der Waals surface area contributed by atoms with Crippen LogP contribution in [-0.2, 0) is 6.54 Å². The Morgan fingerprint density at radius 2 is 2.62 bits per heavy atom. The first-order chi connectivity index (χ1) is 6.34. The van der Waals surface area contributed by atoms with Crippen molar-refractivity contribution in [2.75, 3.05) is 13.1 Å². The minimum absolute atomic E-state index is 0.858. The molecule has 0 radical (unpaired) electrons. The average Bonchev–Trinajstić information content (AvgIpc) is 2.57. The Kier molecular flexibility index (Phi) is 2.64. The summed E-state index contributed by atoms with van der Waals surface area (Å²) in [7, 11) is 0. The molecular formula is C10H17N3. The zero-order chi connectivity index (χ0) is 9.10. The summed E-state index contributed by atoms with van der Waals surface area (Å²) in [5.41, 5.74) is 1.23. The molecule has 2 heterocycles. The van der Waals surface area contributed by atoms with Crippen molar-refractivity contribution < 1.29 is 0 Å². The second-order valence-corrected chi connectivity index (χ2v) is 4.06. The molecule has 0 spiro atoms. The van der Waals surface area contributed by atoms with Crippen molar-refractivity contribution in [1.29, 1.82) is 0 Å². The number of rotatable bonds is 2. The average molecular weight is 179 g/mol. The van der Waals surface area contributed by atoms with Gasteiger partial charge in [-0.25, -0.2) is 4.98 Å². The summed E-state index contributed by atoms with van der Waals surface area (Å²) in [6.07, 6.45) is 6.40. The maximum absolute atomic E-state index is 4.02. The number of hydrogen-bond donors (Lipinski definition) is 1. The van der Waals surface area contributed by atoms with Crippen LogP contribution in [0.2, 0.25) is 0 Å². The first-order valence-electron chi connectivity index (χ1n) is 5.04. The number of hydrogen-bond acceptors (Lipinski definition) is 2. The monoisotopic (exact) mass is 179 g/mol. The van der Waals surface area contributed by atoms with Crippen molar-refractivity contribution >= 4 is 0 Å². The number of nitrogens with zero attached hydrogens (tertiary/aromatic N) is 2. The van der Waals surface area contributed by atoms with Crippen molar-refractivity contribution in [2.24, 2.45) is 5.92 Å². The summed E-state index contributed by atoms with van der Waals surface area (Å²) >= 11 is 0. The largest absolute Gasteiger partial charge is 0.347 e. The Hall–Kier alpha value is -0.830. The van der Waals surface area contributed by atoms with Gasteiger partial charge in [-0.1, -0.05) is 6.92 Å². The lowest BCUT2D eigenvalue weighted by Gasteiger charge is -2.30. The van der Waals surface area contributed by atoms with Gasteiger partial charge in [-0.2, -0.15) is 0 Å². The Balaban J connectivity index is 1.87. The fourth-order valence-electron chi connectivity index (χ4n) is 2.04. The molecule has 0 aliphatic carbocycles. The van der Waals surface area contributed by atoms with Crippen LogP contribution in [0.5, 0.6) is 0 Å². The van der Waals surface area contributed by atoms with E-state index in [0.29, 0.717) is 0 Å². The van der Waals surface area contributed by atoms with Gasteiger partial charge >= 0.3 is 0 Å². The summed E-state index contributed by atoms with van der Waals surface area (Å²) in [4.78, 5) is 9.67. The Labute approximate surface area is 79.2 Å². The molecule has 0 saturated carbocycles. The molecule has 1 fully saturated rings. The molecule has 1 N–H and O–H groups in total. The van der Waals surface area contributed by atoms with Crippen LogP contribution < -0.4 is 0 Å². The second-order valence-electron chi connectivity index (χ2n) is 4.06. The first kappa shape index (κ1) is 8.75. The van der Waals surface area contributed by atoms with E-state index >= 15 is 0 Å². The van der Waals surface area contributed by atoms with Crippen molar-refractivity contribution in [2.45, 2.75) is 26.3 Å². The minimum atomic E-state index is 0.858. The van der Waals surface area contributed by atoms with Crippen LogP contribution in [0.1, 0.15) is 25.5 Å². The molecular weight excluding hydrogens is 162 g/mol. The van der Waals surface area contributed by atoms with Crippen molar-refractivity contribution in [3.05, 3.63) is 18.2 Å². The topological polar surface area (TPSA) is 31.9 Å². The number of aromatic nitrogens is 2. The van der Waals surface area contributed by atoms with Crippen LogP contribution in [0.4, 0.5) is 0 Å². The van der Waals surface area contributed by atoms with Gasteiger partial charge in [0.05, 0.1) is 6.33 Å². The van der Waals surface area contributed by atoms with Crippen molar-refractivity contribution in [1.82, 2.24) is 14.9 Å². The molecule has 1 atom stereocenters. The van der Waals surface area contributed by atoms with E-state index in [1.807, 2.05) is 6.20 Å². The molecule has 2 rings (SSSR count). The normalized spacial score (nSPS) is 24.8. The van der Waals surface area contributed by atoms with Gasteiger partial charge in [0.1, 0.15) is 0 Å². The molecule has 13 heavy (non-hydrogen) atoms. The smallest absolute Gasteiger partial charge is 0.0922 e. The molecule has 1 aromatic rings. The van der Waals surface area contributed by atoms with Crippen molar-refractivity contribution in [3.63, 3.8) is 0 Å². The van der Waals surface area contributed by atoms with E-state index < -0.39 is 0 Å². The Bertz CT molecular complexity index is 243. The molecule has 0 amide bonds. The summed E-state index contributed by atoms with van der Waals surface area (Å²) < 4.78 is 0. The third-order valence-electron chi connectivity index (χ3n) is 2.69. The fourth-order valence-corrected chi connectivity index (χ4v) is 2.04. The molecule has 1 aliphatic rings. The van der Waals surface area contributed by atoms with Gasteiger partial charge in [0.2, 0.25) is 0 Å². The molecule has 0 unspecified atom stereocenters. The first-order valence-corrected chi connectivity index (χ1v) is 5.04. The highest BCUT2D eigenvalue weighted by atomic mass is 15.1. The molecule has 3 heteroatoms. The number of nitrogens with one attached hydrogen (secondary N) is 1. The zero-order valence-electron chi connectivity index (χ0n) is 8.16. The third-order valence-corrected chi connectivity index (χ3v) is 2.69. The van der Waals surface area contributed by atoms with Gasteiger partial charge in [0.15, 0.2) is 0 Å². The summed E-state index contributed by atoms with van der Waals surface area (Å²) in [6.45, 7) is 5.84. The lowest BCUT2D eigenvalue weighted by molar-refractivity contribution is 0.175. The Morgan fingerprint density at radius 1 is 1.69 bits per heavy atom. The van der Waals surface area contributed by atoms with Gasteiger partial charge in [-0.05, 0) is 25.3 Å². The van der Waals surface area contributed by atoms with Crippen LogP contribution in [0.25, 0.3) is 0 Å². The van der Waals surface area contributed by atoms with Crippen LogP contribution in [-0.4, -0.2) is 28.0 Å². The summed E-state index contributed by atoms with van der Waals surface area (Å²) in [5.74, 6) is 0.858.